The van der Waals surface area contributed by atoms with Crippen LogP contribution in [0.25, 0.3) is 6.08 Å². The van der Waals surface area contributed by atoms with Gasteiger partial charge >= 0.3 is 6.18 Å². The van der Waals surface area contributed by atoms with Gasteiger partial charge in [-0.1, -0.05) is 12.1 Å². The number of nitrogens with zero attached hydrogens (tertiary/aromatic N) is 1. The standard InChI is InChI=1S/C18H15BrF3NO2/c19-16-9-7-15(25-16)8-10-17(24)23(14-5-6-14)11-12-1-3-13(4-2-12)18(20,21)22/h1-4,7-10,14H,5-6,11H2/b10-8+. The molecule has 0 saturated heterocycles. The summed E-state index contributed by atoms with van der Waals surface area (Å²) in [5.74, 6) is 0.362. The van der Waals surface area contributed by atoms with Crippen LogP contribution < -0.4 is 0 Å². The third-order valence-corrected chi connectivity index (χ3v) is 4.32. The zero-order chi connectivity index (χ0) is 18.0. The number of carbonyl (C=O) groups excluding carboxylic acids is 1. The predicted molar refractivity (Wildman–Crippen MR) is 90.5 cm³/mol. The van der Waals surface area contributed by atoms with Crippen LogP contribution >= 0.6 is 15.9 Å². The normalized spacial score (nSPS) is 14.9. The molecule has 1 saturated carbocycles. The highest BCUT2D eigenvalue weighted by Crippen LogP contribution is 2.31. The van der Waals surface area contributed by atoms with E-state index in [0.29, 0.717) is 16.0 Å². The molecule has 0 aliphatic heterocycles. The van der Waals surface area contributed by atoms with Crippen LogP contribution in [0.2, 0.25) is 0 Å². The number of hydrogen-bond donors (Lipinski definition) is 0. The molecule has 1 fully saturated rings. The molecule has 25 heavy (non-hydrogen) atoms. The number of amides is 1. The summed E-state index contributed by atoms with van der Waals surface area (Å²) in [6.07, 6.45) is 0.465. The number of hydrogen-bond acceptors (Lipinski definition) is 2. The number of furan rings is 1. The Morgan fingerprint density at radius 2 is 1.88 bits per heavy atom. The van der Waals surface area contributed by atoms with Crippen molar-refractivity contribution in [3.8, 4) is 0 Å². The first kappa shape index (κ1) is 17.8. The maximum Gasteiger partial charge on any atom is 0.416 e. The van der Waals surface area contributed by atoms with E-state index >= 15 is 0 Å². The van der Waals surface area contributed by atoms with Crippen LogP contribution in [-0.4, -0.2) is 16.8 Å². The molecule has 0 unspecified atom stereocenters. The van der Waals surface area contributed by atoms with Crippen molar-refractivity contribution >= 4 is 27.9 Å². The monoisotopic (exact) mass is 413 g/mol. The molecule has 1 amide bonds. The molecule has 0 N–H and O–H groups in total. The van der Waals surface area contributed by atoms with Crippen LogP contribution in [0.15, 0.2) is 51.6 Å². The second kappa shape index (κ2) is 7.07. The van der Waals surface area contributed by atoms with Crippen molar-refractivity contribution in [1.29, 1.82) is 0 Å². The fraction of sp³-hybridized carbons (Fsp3) is 0.278. The lowest BCUT2D eigenvalue weighted by molar-refractivity contribution is -0.137. The molecular formula is C18H15BrF3NO2. The molecule has 1 aromatic heterocycles. The van der Waals surface area contributed by atoms with Crippen molar-refractivity contribution in [3.05, 3.63) is 64.0 Å². The molecule has 2 aromatic rings. The third-order valence-electron chi connectivity index (χ3n) is 3.89. The fourth-order valence-corrected chi connectivity index (χ4v) is 2.76. The lowest BCUT2D eigenvalue weighted by Crippen LogP contribution is -2.31. The smallest absolute Gasteiger partial charge is 0.416 e. The second-order valence-corrected chi connectivity index (χ2v) is 6.65. The van der Waals surface area contributed by atoms with Gasteiger partial charge < -0.3 is 9.32 Å². The summed E-state index contributed by atoms with van der Waals surface area (Å²) < 4.78 is 43.8. The Hall–Kier alpha value is -2.02. The molecule has 1 aliphatic rings. The van der Waals surface area contributed by atoms with E-state index < -0.39 is 11.7 Å². The third kappa shape index (κ3) is 4.75. The Bertz CT molecular complexity index is 776. The first-order chi connectivity index (χ1) is 11.8. The van der Waals surface area contributed by atoms with Crippen molar-refractivity contribution in [3.63, 3.8) is 0 Å². The minimum atomic E-state index is -4.36. The van der Waals surface area contributed by atoms with Gasteiger partial charge in [-0.05, 0) is 64.7 Å². The minimum absolute atomic E-state index is 0.141. The average Bonchev–Trinajstić information content (AvgIpc) is 3.31. The van der Waals surface area contributed by atoms with Gasteiger partial charge in [-0.25, -0.2) is 0 Å². The molecule has 3 nitrogen and oxygen atoms in total. The largest absolute Gasteiger partial charge is 0.450 e. The van der Waals surface area contributed by atoms with Crippen molar-refractivity contribution in [2.24, 2.45) is 0 Å². The summed E-state index contributed by atoms with van der Waals surface area (Å²) in [7, 11) is 0. The van der Waals surface area contributed by atoms with Gasteiger partial charge in [0.2, 0.25) is 5.91 Å². The van der Waals surface area contributed by atoms with E-state index in [2.05, 4.69) is 15.9 Å². The van der Waals surface area contributed by atoms with E-state index in [1.807, 2.05) is 0 Å². The zero-order valence-electron chi connectivity index (χ0n) is 13.1. The van der Waals surface area contributed by atoms with Crippen molar-refractivity contribution in [2.75, 3.05) is 0 Å². The van der Waals surface area contributed by atoms with Gasteiger partial charge in [0.05, 0.1) is 5.56 Å². The molecule has 1 aromatic carbocycles. The van der Waals surface area contributed by atoms with Gasteiger partial charge in [-0.15, -0.1) is 0 Å². The highest BCUT2D eigenvalue weighted by molar-refractivity contribution is 9.10. The molecule has 0 atom stereocenters. The number of carbonyl (C=O) groups is 1. The van der Waals surface area contributed by atoms with Crippen LogP contribution in [0, 0.1) is 0 Å². The fourth-order valence-electron chi connectivity index (χ4n) is 2.44. The van der Waals surface area contributed by atoms with Gasteiger partial charge in [0.25, 0.3) is 0 Å². The molecule has 7 heteroatoms. The van der Waals surface area contributed by atoms with E-state index in [-0.39, 0.29) is 18.5 Å². The lowest BCUT2D eigenvalue weighted by atomic mass is 10.1. The summed E-state index contributed by atoms with van der Waals surface area (Å²) >= 11 is 3.19. The molecule has 0 spiro atoms. The van der Waals surface area contributed by atoms with Gasteiger partial charge in [-0.2, -0.15) is 13.2 Å². The minimum Gasteiger partial charge on any atom is -0.450 e. The summed E-state index contributed by atoms with van der Waals surface area (Å²) in [4.78, 5) is 14.1. The molecule has 0 radical (unpaired) electrons. The Balaban J connectivity index is 1.69. The molecular weight excluding hydrogens is 399 g/mol. The summed E-state index contributed by atoms with van der Waals surface area (Å²) in [5, 5.41) is 0. The zero-order valence-corrected chi connectivity index (χ0v) is 14.7. The van der Waals surface area contributed by atoms with Crippen molar-refractivity contribution < 1.29 is 22.4 Å². The maximum absolute atomic E-state index is 12.6. The van der Waals surface area contributed by atoms with Gasteiger partial charge in [0.1, 0.15) is 5.76 Å². The lowest BCUT2D eigenvalue weighted by Gasteiger charge is -2.21. The number of alkyl halides is 3. The Morgan fingerprint density at radius 1 is 1.20 bits per heavy atom. The molecule has 1 aliphatic carbocycles. The number of benzene rings is 1. The summed E-state index contributed by atoms with van der Waals surface area (Å²) in [5.41, 5.74) is -0.0220. The van der Waals surface area contributed by atoms with E-state index in [9.17, 15) is 18.0 Å². The highest BCUT2D eigenvalue weighted by Gasteiger charge is 2.32. The molecule has 1 heterocycles. The summed E-state index contributed by atoms with van der Waals surface area (Å²) in [6, 6.07) is 8.51. The Labute approximate surface area is 151 Å². The van der Waals surface area contributed by atoms with Gasteiger partial charge in [-0.3, -0.25) is 4.79 Å². The molecule has 3 rings (SSSR count). The van der Waals surface area contributed by atoms with Crippen LogP contribution in [0.1, 0.15) is 29.7 Å². The quantitative estimate of drug-likeness (QED) is 0.625. The van der Waals surface area contributed by atoms with Crippen molar-refractivity contribution in [1.82, 2.24) is 4.90 Å². The van der Waals surface area contributed by atoms with Crippen LogP contribution in [0.4, 0.5) is 13.2 Å². The summed E-state index contributed by atoms with van der Waals surface area (Å²) in [6.45, 7) is 0.286. The predicted octanol–water partition coefficient (Wildman–Crippen LogP) is 5.27. The number of halogens is 4. The van der Waals surface area contributed by atoms with Crippen molar-refractivity contribution in [2.45, 2.75) is 31.6 Å². The number of rotatable bonds is 5. The molecule has 0 bridgehead atoms. The Kier molecular flexibility index (Phi) is 5.03. The van der Waals surface area contributed by atoms with Gasteiger partial charge in [0, 0.05) is 18.7 Å². The first-order valence-electron chi connectivity index (χ1n) is 7.73. The van der Waals surface area contributed by atoms with E-state index in [1.165, 1.54) is 18.2 Å². The average molecular weight is 414 g/mol. The van der Waals surface area contributed by atoms with Gasteiger partial charge in [0.15, 0.2) is 4.67 Å². The molecule has 132 valence electrons. The van der Waals surface area contributed by atoms with E-state index in [0.717, 1.165) is 25.0 Å². The maximum atomic E-state index is 12.6. The topological polar surface area (TPSA) is 33.5 Å². The van der Waals surface area contributed by atoms with Crippen LogP contribution in [0.3, 0.4) is 0 Å². The Morgan fingerprint density at radius 3 is 2.40 bits per heavy atom. The SMILES string of the molecule is O=C(/C=C/c1ccc(Br)o1)N(Cc1ccc(C(F)(F)F)cc1)C1CC1. The first-order valence-corrected chi connectivity index (χ1v) is 8.52. The van der Waals surface area contributed by atoms with Crippen LogP contribution in [-0.2, 0) is 17.5 Å². The second-order valence-electron chi connectivity index (χ2n) is 5.87. The van der Waals surface area contributed by atoms with E-state index in [1.54, 1.807) is 23.1 Å². The van der Waals surface area contributed by atoms with E-state index in [4.69, 9.17) is 4.42 Å². The van der Waals surface area contributed by atoms with Crippen LogP contribution in [0.5, 0.6) is 0 Å². The highest BCUT2D eigenvalue weighted by atomic mass is 79.9.